The normalized spacial score (nSPS) is 13.6. The minimum atomic E-state index is 0.729. The van der Waals surface area contributed by atoms with Gasteiger partial charge in [0, 0.05) is 53.2 Å². The van der Waals surface area contributed by atoms with Crippen LogP contribution in [0, 0.1) is 6.92 Å². The number of rotatable bonds is 4. The van der Waals surface area contributed by atoms with Crippen LogP contribution in [0.15, 0.2) is 95.7 Å². The van der Waals surface area contributed by atoms with E-state index in [4.69, 9.17) is 0 Å². The summed E-state index contributed by atoms with van der Waals surface area (Å²) in [4.78, 5) is 7.72. The smallest absolute Gasteiger partial charge is 0.217 e. The lowest BCUT2D eigenvalue weighted by atomic mass is 10.1. The van der Waals surface area contributed by atoms with Crippen LogP contribution in [0.25, 0.3) is 33.4 Å². The van der Waals surface area contributed by atoms with Gasteiger partial charge in [0.25, 0.3) is 0 Å². The summed E-state index contributed by atoms with van der Waals surface area (Å²) in [5.74, 6) is 0. The summed E-state index contributed by atoms with van der Waals surface area (Å²) < 4.78 is 3.65. The molecule has 0 radical (unpaired) electrons. The van der Waals surface area contributed by atoms with Crippen molar-refractivity contribution in [2.75, 3.05) is 7.05 Å². The van der Waals surface area contributed by atoms with Crippen molar-refractivity contribution in [2.45, 2.75) is 17.0 Å². The molecule has 5 aromatic rings. The summed E-state index contributed by atoms with van der Waals surface area (Å²) in [5, 5.41) is 19.4. The van der Waals surface area contributed by atoms with Gasteiger partial charge in [-0.25, -0.2) is 4.68 Å². The van der Waals surface area contributed by atoms with E-state index in [-0.39, 0.29) is 0 Å². The fraction of sp³-hybridized carbons (Fsp3) is 0.0800. The van der Waals surface area contributed by atoms with E-state index in [9.17, 15) is 0 Å². The van der Waals surface area contributed by atoms with Crippen molar-refractivity contribution in [2.24, 2.45) is 0 Å². The SMILES string of the molecule is Cc1ccc2nnc(Sc3ccc4ncc(-c5cnn(C6=CN(C)C=CC=C6)c5)cc4c3)n2n1. The van der Waals surface area contributed by atoms with Gasteiger partial charge in [-0.05, 0) is 67.2 Å². The first-order valence-electron chi connectivity index (χ1n) is 10.7. The van der Waals surface area contributed by atoms with Crippen LogP contribution in [0.4, 0.5) is 0 Å². The molecule has 6 rings (SSSR count). The van der Waals surface area contributed by atoms with Crippen molar-refractivity contribution in [1.29, 1.82) is 0 Å². The molecule has 1 aromatic carbocycles. The molecular weight excluding hydrogens is 444 g/mol. The highest BCUT2D eigenvalue weighted by Crippen LogP contribution is 2.30. The fourth-order valence-corrected chi connectivity index (χ4v) is 4.58. The number of pyridine rings is 1. The summed E-state index contributed by atoms with van der Waals surface area (Å²) in [7, 11) is 2.00. The average molecular weight is 465 g/mol. The summed E-state index contributed by atoms with van der Waals surface area (Å²) in [6, 6.07) is 12.2. The Labute approximate surface area is 199 Å². The van der Waals surface area contributed by atoms with Crippen molar-refractivity contribution in [3.8, 4) is 11.1 Å². The lowest BCUT2D eigenvalue weighted by Gasteiger charge is -2.08. The minimum absolute atomic E-state index is 0.729. The molecule has 34 heavy (non-hydrogen) atoms. The van der Waals surface area contributed by atoms with Crippen LogP contribution in [-0.2, 0) is 0 Å². The maximum Gasteiger partial charge on any atom is 0.217 e. The molecule has 166 valence electrons. The van der Waals surface area contributed by atoms with Crippen molar-refractivity contribution in [3.63, 3.8) is 0 Å². The number of fused-ring (bicyclic) bond motifs is 2. The summed E-state index contributed by atoms with van der Waals surface area (Å²) in [6.07, 6.45) is 15.8. The Morgan fingerprint density at radius 2 is 1.88 bits per heavy atom. The zero-order valence-electron chi connectivity index (χ0n) is 18.6. The highest BCUT2D eigenvalue weighted by molar-refractivity contribution is 7.99. The van der Waals surface area contributed by atoms with Crippen molar-refractivity contribution < 1.29 is 0 Å². The predicted molar refractivity (Wildman–Crippen MR) is 133 cm³/mol. The fourth-order valence-electron chi connectivity index (χ4n) is 3.74. The third-order valence-corrected chi connectivity index (χ3v) is 6.37. The number of hydrogen-bond donors (Lipinski definition) is 0. The van der Waals surface area contributed by atoms with Gasteiger partial charge < -0.3 is 4.90 Å². The molecule has 0 N–H and O–H groups in total. The molecule has 4 aromatic heterocycles. The Kier molecular flexibility index (Phi) is 4.96. The third-order valence-electron chi connectivity index (χ3n) is 5.45. The summed E-state index contributed by atoms with van der Waals surface area (Å²) in [5.41, 5.74) is 5.58. The standard InChI is InChI=1S/C25H20N8S/c1-17-6-9-24-28-29-25(33(24)30-17)34-22-7-8-23-18(12-22)11-19(13-26-23)20-14-27-32(15-20)21-5-3-4-10-31(2)16-21/h3-16H,1-2H3. The van der Waals surface area contributed by atoms with Gasteiger partial charge in [-0.2, -0.15) is 14.7 Å². The van der Waals surface area contributed by atoms with E-state index in [1.165, 1.54) is 11.8 Å². The molecule has 0 amide bonds. The topological polar surface area (TPSA) is 77.0 Å². The highest BCUT2D eigenvalue weighted by atomic mass is 32.2. The van der Waals surface area contributed by atoms with Crippen LogP contribution in [0.3, 0.4) is 0 Å². The number of benzene rings is 1. The van der Waals surface area contributed by atoms with Gasteiger partial charge in [-0.1, -0.05) is 6.08 Å². The summed E-state index contributed by atoms with van der Waals surface area (Å²) in [6.45, 7) is 1.96. The van der Waals surface area contributed by atoms with E-state index in [0.29, 0.717) is 0 Å². The maximum atomic E-state index is 4.67. The van der Waals surface area contributed by atoms with Gasteiger partial charge in [0.15, 0.2) is 5.65 Å². The molecular formula is C25H20N8S. The molecule has 1 aliphatic rings. The molecule has 0 saturated heterocycles. The second kappa shape index (κ2) is 8.27. The van der Waals surface area contributed by atoms with Crippen molar-refractivity contribution in [1.82, 2.24) is 39.5 Å². The van der Waals surface area contributed by atoms with Gasteiger partial charge in [-0.15, -0.1) is 10.2 Å². The maximum absolute atomic E-state index is 4.67. The van der Waals surface area contributed by atoms with Crippen LogP contribution in [-0.4, -0.2) is 46.5 Å². The second-order valence-electron chi connectivity index (χ2n) is 8.00. The quantitative estimate of drug-likeness (QED) is 0.378. The average Bonchev–Trinajstić information content (AvgIpc) is 3.42. The van der Waals surface area contributed by atoms with E-state index in [1.807, 2.05) is 97.0 Å². The molecule has 8 nitrogen and oxygen atoms in total. The van der Waals surface area contributed by atoms with Gasteiger partial charge in [0.1, 0.15) is 0 Å². The third kappa shape index (κ3) is 3.86. The predicted octanol–water partition coefficient (Wildman–Crippen LogP) is 4.81. The number of hydrogen-bond acceptors (Lipinski definition) is 7. The number of allylic oxidation sites excluding steroid dienone is 4. The molecule has 1 aliphatic heterocycles. The van der Waals surface area contributed by atoms with Gasteiger partial charge in [0.05, 0.1) is 23.1 Å². The van der Waals surface area contributed by atoms with Gasteiger partial charge >= 0.3 is 0 Å². The number of aryl methyl sites for hydroxylation is 1. The Balaban J connectivity index is 1.32. The molecule has 0 fully saturated rings. The second-order valence-corrected chi connectivity index (χ2v) is 9.04. The first-order valence-corrected chi connectivity index (χ1v) is 11.5. The van der Waals surface area contributed by atoms with E-state index < -0.39 is 0 Å². The zero-order chi connectivity index (χ0) is 23.1. The van der Waals surface area contributed by atoms with E-state index in [1.54, 1.807) is 4.52 Å². The molecule has 0 spiro atoms. The molecule has 0 bridgehead atoms. The minimum Gasteiger partial charge on any atom is -0.355 e. The largest absolute Gasteiger partial charge is 0.355 e. The Hall–Kier alpha value is -4.24. The first-order chi connectivity index (χ1) is 16.6. The Morgan fingerprint density at radius 1 is 0.941 bits per heavy atom. The lowest BCUT2D eigenvalue weighted by molar-refractivity contribution is 0.624. The van der Waals surface area contributed by atoms with E-state index in [2.05, 4.69) is 37.5 Å². The van der Waals surface area contributed by atoms with E-state index >= 15 is 0 Å². The van der Waals surface area contributed by atoms with Gasteiger partial charge in [0.2, 0.25) is 5.16 Å². The number of nitrogens with zero attached hydrogens (tertiary/aromatic N) is 8. The molecule has 0 unspecified atom stereocenters. The molecule has 9 heteroatoms. The number of aromatic nitrogens is 7. The Morgan fingerprint density at radius 3 is 2.82 bits per heavy atom. The molecule has 0 saturated carbocycles. The molecule has 5 heterocycles. The zero-order valence-corrected chi connectivity index (χ0v) is 19.4. The van der Waals surface area contributed by atoms with Crippen LogP contribution in [0.5, 0.6) is 0 Å². The lowest BCUT2D eigenvalue weighted by Crippen LogP contribution is -2.03. The van der Waals surface area contributed by atoms with Gasteiger partial charge in [-0.3, -0.25) is 4.98 Å². The van der Waals surface area contributed by atoms with Crippen LogP contribution < -0.4 is 0 Å². The van der Waals surface area contributed by atoms with Crippen molar-refractivity contribution >= 4 is 34.0 Å². The summed E-state index contributed by atoms with van der Waals surface area (Å²) >= 11 is 1.53. The molecule has 0 atom stereocenters. The highest BCUT2D eigenvalue weighted by Gasteiger charge is 2.11. The molecule has 0 aliphatic carbocycles. The Bertz CT molecular complexity index is 1620. The van der Waals surface area contributed by atoms with Crippen LogP contribution >= 0.6 is 11.8 Å². The van der Waals surface area contributed by atoms with E-state index in [0.717, 1.165) is 49.1 Å². The monoisotopic (exact) mass is 464 g/mol. The first kappa shape index (κ1) is 20.4. The van der Waals surface area contributed by atoms with Crippen LogP contribution in [0.1, 0.15) is 5.69 Å². The van der Waals surface area contributed by atoms with Crippen molar-refractivity contribution in [3.05, 3.63) is 91.3 Å². The van der Waals surface area contributed by atoms with Crippen LogP contribution in [0.2, 0.25) is 0 Å².